The smallest absolute Gasteiger partial charge is 0.256 e. The first-order valence-corrected chi connectivity index (χ1v) is 19.7. The normalized spacial score (nSPS) is 15.9. The first kappa shape index (κ1) is 28.3. The van der Waals surface area contributed by atoms with Crippen molar-refractivity contribution in [2.24, 2.45) is 0 Å². The first-order chi connectivity index (χ1) is 24.5. The van der Waals surface area contributed by atoms with Gasteiger partial charge >= 0.3 is 0 Å². The average Bonchev–Trinajstić information content (AvgIpc) is 3.38. The van der Waals surface area contributed by atoms with Crippen molar-refractivity contribution in [3.63, 3.8) is 0 Å². The Morgan fingerprint density at radius 2 is 1.20 bits per heavy atom. The minimum absolute atomic E-state index is 0.0890. The van der Waals surface area contributed by atoms with Crippen molar-refractivity contribution in [1.82, 2.24) is 0 Å². The van der Waals surface area contributed by atoms with Crippen LogP contribution in [0, 0.1) is 6.92 Å². The van der Waals surface area contributed by atoms with Crippen LogP contribution in [0.25, 0.3) is 11.1 Å². The van der Waals surface area contributed by atoms with Gasteiger partial charge in [-0.25, -0.2) is 0 Å². The summed E-state index contributed by atoms with van der Waals surface area (Å²) in [7, 11) is -2.79. The number of hydrogen-bond donors (Lipinski definition) is 0. The van der Waals surface area contributed by atoms with Crippen molar-refractivity contribution in [2.45, 2.75) is 26.2 Å². The molecule has 2 nitrogen and oxygen atoms in total. The van der Waals surface area contributed by atoms with Crippen LogP contribution in [0.15, 0.2) is 152 Å². The molecule has 4 aliphatic rings. The van der Waals surface area contributed by atoms with E-state index in [0.29, 0.717) is 0 Å². The molecule has 0 aromatic heterocycles. The standard InChI is InChI=1S/C46H34BNOSi/c1-29-26-38-43-40(27-29)49-39-21-13-23-42-45(39)47(43)44-37(48(38)30-24-25-34-33-18-10-11-19-35(33)46(2,3)36(34)28-30)20-12-22-41(44)50(42,31-14-6-4-7-15-31)32-16-8-5-9-17-32/h4-28H,1-3H3. The summed E-state index contributed by atoms with van der Waals surface area (Å²) >= 11 is 0. The van der Waals surface area contributed by atoms with Gasteiger partial charge in [0.2, 0.25) is 0 Å². The summed E-state index contributed by atoms with van der Waals surface area (Å²) in [5.74, 6) is 1.97. The van der Waals surface area contributed by atoms with Gasteiger partial charge in [0.25, 0.3) is 6.71 Å². The van der Waals surface area contributed by atoms with Crippen LogP contribution in [-0.2, 0) is 5.41 Å². The molecule has 11 rings (SSSR count). The maximum Gasteiger partial charge on any atom is 0.256 e. The number of benzene rings is 7. The highest BCUT2D eigenvalue weighted by Crippen LogP contribution is 2.51. The molecule has 3 aliphatic heterocycles. The van der Waals surface area contributed by atoms with E-state index >= 15 is 0 Å². The average molecular weight is 656 g/mol. The van der Waals surface area contributed by atoms with Gasteiger partial charge in [-0.05, 0) is 108 Å². The fourth-order valence-electron chi connectivity index (χ4n) is 10.0. The fourth-order valence-corrected chi connectivity index (χ4v) is 15.3. The van der Waals surface area contributed by atoms with E-state index in [1.807, 2.05) is 0 Å². The van der Waals surface area contributed by atoms with Crippen LogP contribution >= 0.6 is 0 Å². The summed E-state index contributed by atoms with van der Waals surface area (Å²) in [6.07, 6.45) is 0. The summed E-state index contributed by atoms with van der Waals surface area (Å²) in [6, 6.07) is 57.3. The molecule has 0 N–H and O–H groups in total. The number of nitrogens with zero attached hydrogens (tertiary/aromatic N) is 1. The Morgan fingerprint density at radius 3 is 1.96 bits per heavy atom. The van der Waals surface area contributed by atoms with Crippen LogP contribution in [-0.4, -0.2) is 14.8 Å². The van der Waals surface area contributed by atoms with Gasteiger partial charge in [-0.3, -0.25) is 0 Å². The van der Waals surface area contributed by atoms with E-state index < -0.39 is 8.07 Å². The Morgan fingerprint density at radius 1 is 0.540 bits per heavy atom. The minimum Gasteiger partial charge on any atom is -0.458 e. The van der Waals surface area contributed by atoms with E-state index in [4.69, 9.17) is 4.74 Å². The summed E-state index contributed by atoms with van der Waals surface area (Å²) in [5.41, 5.74) is 14.3. The third-order valence-electron chi connectivity index (χ3n) is 12.0. The third-order valence-corrected chi connectivity index (χ3v) is 16.9. The van der Waals surface area contributed by atoms with Crippen molar-refractivity contribution >= 4 is 69.0 Å². The lowest BCUT2D eigenvalue weighted by molar-refractivity contribution is 0.487. The van der Waals surface area contributed by atoms with Gasteiger partial charge in [-0.2, -0.15) is 0 Å². The van der Waals surface area contributed by atoms with Crippen LogP contribution in [0.3, 0.4) is 0 Å². The zero-order chi connectivity index (χ0) is 33.4. The highest BCUT2D eigenvalue weighted by Gasteiger charge is 2.55. The summed E-state index contributed by atoms with van der Waals surface area (Å²) < 4.78 is 7.02. The number of aryl methyl sites for hydroxylation is 1. The quantitative estimate of drug-likeness (QED) is 0.205. The van der Waals surface area contributed by atoms with Crippen molar-refractivity contribution in [2.75, 3.05) is 4.90 Å². The number of fused-ring (bicyclic) bond motifs is 3. The van der Waals surface area contributed by atoms with Gasteiger partial charge in [-0.15, -0.1) is 0 Å². The van der Waals surface area contributed by atoms with Gasteiger partial charge in [-0.1, -0.05) is 129 Å². The molecule has 0 amide bonds. The first-order valence-electron chi connectivity index (χ1n) is 17.7. The van der Waals surface area contributed by atoms with E-state index in [0.717, 1.165) is 11.5 Å². The van der Waals surface area contributed by atoms with Gasteiger partial charge in [0.15, 0.2) is 8.07 Å². The van der Waals surface area contributed by atoms with E-state index in [1.54, 1.807) is 0 Å². The highest BCUT2D eigenvalue weighted by atomic mass is 28.3. The molecule has 0 fully saturated rings. The molecule has 236 valence electrons. The zero-order valence-corrected chi connectivity index (χ0v) is 29.4. The van der Waals surface area contributed by atoms with Crippen LogP contribution in [0.1, 0.15) is 30.5 Å². The Balaban J connectivity index is 1.26. The largest absolute Gasteiger partial charge is 0.458 e. The molecule has 7 aromatic carbocycles. The minimum atomic E-state index is -2.79. The molecule has 0 spiro atoms. The molecular weight excluding hydrogens is 621 g/mol. The SMILES string of the molecule is Cc1cc2c3c(c1)N(c1ccc4c(c1)C(C)(C)c1ccccc1-4)c1cccc4c1B3c1c(cccc1[Si]4(c1ccccc1)c1ccccc1)O2. The van der Waals surface area contributed by atoms with E-state index in [9.17, 15) is 0 Å². The maximum atomic E-state index is 7.02. The molecule has 0 unspecified atom stereocenters. The topological polar surface area (TPSA) is 12.5 Å². The molecule has 0 saturated carbocycles. The zero-order valence-electron chi connectivity index (χ0n) is 28.4. The number of anilines is 3. The number of hydrogen-bond acceptors (Lipinski definition) is 2. The molecule has 0 radical (unpaired) electrons. The van der Waals surface area contributed by atoms with Crippen molar-refractivity contribution < 1.29 is 4.74 Å². The summed E-state index contributed by atoms with van der Waals surface area (Å²) in [5, 5.41) is 5.70. The number of rotatable bonds is 3. The van der Waals surface area contributed by atoms with Crippen LogP contribution in [0.5, 0.6) is 11.5 Å². The molecule has 7 aromatic rings. The van der Waals surface area contributed by atoms with Crippen LogP contribution in [0.4, 0.5) is 17.1 Å². The van der Waals surface area contributed by atoms with Crippen molar-refractivity contribution in [3.8, 4) is 22.6 Å². The molecule has 0 atom stereocenters. The van der Waals surface area contributed by atoms with E-state index in [1.165, 1.54) is 82.0 Å². The summed E-state index contributed by atoms with van der Waals surface area (Å²) in [4.78, 5) is 2.55. The second-order valence-electron chi connectivity index (χ2n) is 14.9. The van der Waals surface area contributed by atoms with Gasteiger partial charge in [0.1, 0.15) is 11.5 Å². The predicted octanol–water partition coefficient (Wildman–Crippen LogP) is 6.40. The van der Waals surface area contributed by atoms with Crippen molar-refractivity contribution in [1.29, 1.82) is 0 Å². The van der Waals surface area contributed by atoms with Gasteiger partial charge in [0, 0.05) is 22.5 Å². The van der Waals surface area contributed by atoms with E-state index in [2.05, 4.69) is 177 Å². The lowest BCUT2D eigenvalue weighted by atomic mass is 9.34. The molecule has 0 bridgehead atoms. The lowest BCUT2D eigenvalue weighted by Gasteiger charge is -2.49. The maximum absolute atomic E-state index is 7.02. The molecule has 50 heavy (non-hydrogen) atoms. The van der Waals surface area contributed by atoms with Crippen LogP contribution < -0.4 is 46.8 Å². The highest BCUT2D eigenvalue weighted by molar-refractivity contribution is 7.27. The fraction of sp³-hybridized carbons (Fsp3) is 0.0870. The monoisotopic (exact) mass is 655 g/mol. The van der Waals surface area contributed by atoms with Crippen LogP contribution in [0.2, 0.25) is 0 Å². The van der Waals surface area contributed by atoms with E-state index in [-0.39, 0.29) is 12.1 Å². The Bertz CT molecular complexity index is 2540. The Kier molecular flexibility index (Phi) is 5.53. The van der Waals surface area contributed by atoms with Crippen molar-refractivity contribution in [3.05, 3.63) is 168 Å². The van der Waals surface area contributed by atoms with Gasteiger partial charge in [0.05, 0.1) is 0 Å². The number of ether oxygens (including phenoxy) is 1. The Labute approximate surface area is 294 Å². The Hall–Kier alpha value is -5.58. The predicted molar refractivity (Wildman–Crippen MR) is 212 cm³/mol. The molecule has 0 saturated heterocycles. The molecule has 1 aliphatic carbocycles. The summed E-state index contributed by atoms with van der Waals surface area (Å²) in [6.45, 7) is 7.03. The van der Waals surface area contributed by atoms with Gasteiger partial charge < -0.3 is 9.64 Å². The molecule has 3 heterocycles. The second kappa shape index (κ2) is 9.77. The lowest BCUT2D eigenvalue weighted by Crippen LogP contribution is -2.87. The second-order valence-corrected chi connectivity index (χ2v) is 18.6. The third kappa shape index (κ3) is 3.39. The molecule has 4 heteroatoms. The molecular formula is C46H34BNOSi.